The van der Waals surface area contributed by atoms with Crippen LogP contribution in [0.4, 0.5) is 0 Å². The molecule has 0 saturated carbocycles. The van der Waals surface area contributed by atoms with E-state index < -0.39 is 0 Å². The number of benzene rings is 1. The van der Waals surface area contributed by atoms with Crippen LogP contribution in [0.1, 0.15) is 18.9 Å². The number of rotatable bonds is 3. The lowest BCUT2D eigenvalue weighted by atomic mass is 10.1. The van der Waals surface area contributed by atoms with Crippen LogP contribution in [-0.2, 0) is 0 Å². The molecule has 0 bridgehead atoms. The Balaban J connectivity index is 2.05. The number of likely N-dealkylation sites (tertiary alicyclic amines) is 1. The maximum absolute atomic E-state index is 4.28. The average molecular weight is 247 g/mol. The second-order valence-electron chi connectivity index (χ2n) is 5.13. The van der Waals surface area contributed by atoms with Crippen molar-refractivity contribution in [1.82, 2.24) is 4.90 Å². The maximum Gasteiger partial charge on any atom is 0.0405 e. The summed E-state index contributed by atoms with van der Waals surface area (Å²) >= 11 is 1.84. The van der Waals surface area contributed by atoms with Gasteiger partial charge in [-0.1, -0.05) is 43.5 Å². The number of nitrogens with zero attached hydrogens (tertiary/aromatic N) is 1. The van der Waals surface area contributed by atoms with Crippen molar-refractivity contribution < 1.29 is 0 Å². The average Bonchev–Trinajstić information content (AvgIpc) is 2.61. The minimum Gasteiger partial charge on any atom is -0.299 e. The number of hydrogen-bond acceptors (Lipinski definition) is 2. The first-order chi connectivity index (χ1) is 8.08. The molecule has 0 aliphatic carbocycles. The highest BCUT2D eigenvalue weighted by molar-refractivity contribution is 8.03. The van der Waals surface area contributed by atoms with Crippen LogP contribution in [0.5, 0.6) is 0 Å². The summed E-state index contributed by atoms with van der Waals surface area (Å²) in [5.74, 6) is 0.791. The summed E-state index contributed by atoms with van der Waals surface area (Å²) in [6, 6.07) is 9.07. The van der Waals surface area contributed by atoms with Gasteiger partial charge in [0.2, 0.25) is 0 Å². The van der Waals surface area contributed by atoms with Crippen molar-refractivity contribution in [2.75, 3.05) is 13.6 Å². The fourth-order valence-corrected chi connectivity index (χ4v) is 3.58. The SMILES string of the molecule is C=C(Sc1ccccc1C)C1CC(C)CN1C. The third-order valence-electron chi connectivity index (χ3n) is 3.46. The molecule has 0 N–H and O–H groups in total. The molecule has 1 nitrogen and oxygen atoms in total. The lowest BCUT2D eigenvalue weighted by Crippen LogP contribution is -2.25. The molecule has 1 heterocycles. The molecule has 92 valence electrons. The summed E-state index contributed by atoms with van der Waals surface area (Å²) in [5, 5.41) is 0. The zero-order chi connectivity index (χ0) is 12.4. The van der Waals surface area contributed by atoms with Crippen LogP contribution < -0.4 is 0 Å². The molecule has 2 unspecified atom stereocenters. The molecule has 1 fully saturated rings. The number of aryl methyl sites for hydroxylation is 1. The summed E-state index contributed by atoms with van der Waals surface area (Å²) in [6.07, 6.45) is 1.24. The van der Waals surface area contributed by atoms with E-state index in [0.717, 1.165) is 5.92 Å². The molecule has 2 rings (SSSR count). The molecule has 1 saturated heterocycles. The third kappa shape index (κ3) is 2.93. The summed E-state index contributed by atoms with van der Waals surface area (Å²) in [5.41, 5.74) is 1.34. The van der Waals surface area contributed by atoms with Crippen molar-refractivity contribution in [3.63, 3.8) is 0 Å². The Kier molecular flexibility index (Phi) is 3.95. The quantitative estimate of drug-likeness (QED) is 0.744. The lowest BCUT2D eigenvalue weighted by molar-refractivity contribution is 0.348. The number of hydrogen-bond donors (Lipinski definition) is 0. The standard InChI is InChI=1S/C15H21NS/c1-11-9-14(16(4)10-11)13(3)17-15-8-6-5-7-12(15)2/h5-8,11,14H,3,9-10H2,1-2,4H3. The lowest BCUT2D eigenvalue weighted by Gasteiger charge is -2.21. The third-order valence-corrected chi connectivity index (χ3v) is 4.68. The van der Waals surface area contributed by atoms with E-state index in [-0.39, 0.29) is 0 Å². The van der Waals surface area contributed by atoms with Gasteiger partial charge in [-0.3, -0.25) is 4.90 Å². The van der Waals surface area contributed by atoms with Gasteiger partial charge in [0.05, 0.1) is 0 Å². The first kappa shape index (κ1) is 12.7. The van der Waals surface area contributed by atoms with Gasteiger partial charge in [-0.25, -0.2) is 0 Å². The highest BCUT2D eigenvalue weighted by Gasteiger charge is 2.28. The van der Waals surface area contributed by atoms with Gasteiger partial charge in [-0.15, -0.1) is 0 Å². The summed E-state index contributed by atoms with van der Waals surface area (Å²) in [6.45, 7) is 9.96. The molecule has 0 aromatic heterocycles. The predicted molar refractivity (Wildman–Crippen MR) is 76.4 cm³/mol. The fourth-order valence-electron chi connectivity index (χ4n) is 2.51. The summed E-state index contributed by atoms with van der Waals surface area (Å²) in [4.78, 5) is 5.05. The van der Waals surface area contributed by atoms with Crippen LogP contribution in [-0.4, -0.2) is 24.5 Å². The van der Waals surface area contributed by atoms with Crippen molar-refractivity contribution in [3.8, 4) is 0 Å². The van der Waals surface area contributed by atoms with E-state index in [1.807, 2.05) is 11.8 Å². The van der Waals surface area contributed by atoms with Gasteiger partial charge < -0.3 is 0 Å². The Morgan fingerprint density at radius 3 is 2.71 bits per heavy atom. The molecule has 1 aliphatic heterocycles. The Hall–Kier alpha value is -0.730. The van der Waals surface area contributed by atoms with Crippen LogP contribution in [0.2, 0.25) is 0 Å². The topological polar surface area (TPSA) is 3.24 Å². The Labute approximate surface area is 109 Å². The fraction of sp³-hybridized carbons (Fsp3) is 0.467. The minimum absolute atomic E-state index is 0.537. The largest absolute Gasteiger partial charge is 0.299 e. The summed E-state index contributed by atoms with van der Waals surface area (Å²) in [7, 11) is 2.21. The molecule has 1 aromatic rings. The van der Waals surface area contributed by atoms with E-state index in [9.17, 15) is 0 Å². The zero-order valence-electron chi connectivity index (χ0n) is 10.9. The van der Waals surface area contributed by atoms with Gasteiger partial charge >= 0.3 is 0 Å². The van der Waals surface area contributed by atoms with Gasteiger partial charge in [-0.05, 0) is 42.8 Å². The molecule has 0 amide bonds. The normalized spacial score (nSPS) is 25.1. The van der Waals surface area contributed by atoms with Crippen LogP contribution in [0, 0.1) is 12.8 Å². The van der Waals surface area contributed by atoms with Gasteiger partial charge in [0.25, 0.3) is 0 Å². The molecular weight excluding hydrogens is 226 g/mol. The van der Waals surface area contributed by atoms with Crippen LogP contribution in [0.25, 0.3) is 0 Å². The molecule has 2 atom stereocenters. The Morgan fingerprint density at radius 2 is 2.12 bits per heavy atom. The predicted octanol–water partition coefficient (Wildman–Crippen LogP) is 3.94. The van der Waals surface area contributed by atoms with Crippen LogP contribution in [0.15, 0.2) is 40.6 Å². The Bertz CT molecular complexity index is 413. The van der Waals surface area contributed by atoms with Crippen LogP contribution >= 0.6 is 11.8 Å². The Morgan fingerprint density at radius 1 is 1.41 bits per heavy atom. The van der Waals surface area contributed by atoms with Gasteiger partial charge in [0.15, 0.2) is 0 Å². The van der Waals surface area contributed by atoms with E-state index in [2.05, 4.69) is 56.6 Å². The second-order valence-corrected chi connectivity index (χ2v) is 6.30. The van der Waals surface area contributed by atoms with Crippen molar-refractivity contribution in [3.05, 3.63) is 41.3 Å². The summed E-state index contributed by atoms with van der Waals surface area (Å²) < 4.78 is 0. The molecule has 0 radical (unpaired) electrons. The first-order valence-electron chi connectivity index (χ1n) is 6.20. The molecule has 17 heavy (non-hydrogen) atoms. The molecule has 0 spiro atoms. The van der Waals surface area contributed by atoms with Crippen molar-refractivity contribution >= 4 is 11.8 Å². The van der Waals surface area contributed by atoms with Gasteiger partial charge in [0, 0.05) is 17.5 Å². The van der Waals surface area contributed by atoms with Crippen LogP contribution in [0.3, 0.4) is 0 Å². The van der Waals surface area contributed by atoms with Gasteiger partial charge in [-0.2, -0.15) is 0 Å². The highest BCUT2D eigenvalue weighted by atomic mass is 32.2. The highest BCUT2D eigenvalue weighted by Crippen LogP contribution is 2.36. The minimum atomic E-state index is 0.537. The maximum atomic E-state index is 4.28. The van der Waals surface area contributed by atoms with Crippen molar-refractivity contribution in [1.29, 1.82) is 0 Å². The zero-order valence-corrected chi connectivity index (χ0v) is 11.8. The van der Waals surface area contributed by atoms with E-state index in [4.69, 9.17) is 0 Å². The monoisotopic (exact) mass is 247 g/mol. The molecule has 2 heteroatoms. The molecule has 1 aromatic carbocycles. The van der Waals surface area contributed by atoms with E-state index in [1.165, 1.54) is 28.3 Å². The second kappa shape index (κ2) is 5.28. The number of likely N-dealkylation sites (N-methyl/N-ethyl adjacent to an activating group) is 1. The molecular formula is C15H21NS. The van der Waals surface area contributed by atoms with Crippen molar-refractivity contribution in [2.24, 2.45) is 5.92 Å². The molecule has 1 aliphatic rings. The van der Waals surface area contributed by atoms with Gasteiger partial charge in [0.1, 0.15) is 0 Å². The first-order valence-corrected chi connectivity index (χ1v) is 7.02. The van der Waals surface area contributed by atoms with E-state index in [1.54, 1.807) is 0 Å². The smallest absolute Gasteiger partial charge is 0.0405 e. The van der Waals surface area contributed by atoms with Crippen molar-refractivity contribution in [2.45, 2.75) is 31.2 Å². The van der Waals surface area contributed by atoms with E-state index >= 15 is 0 Å². The van der Waals surface area contributed by atoms with E-state index in [0.29, 0.717) is 6.04 Å². The number of thioether (sulfide) groups is 1.